The molecular weight excluding hydrogens is 328 g/mol. The average molecular weight is 353 g/mol. The minimum absolute atomic E-state index is 0.0187. The second kappa shape index (κ2) is 9.52. The van der Waals surface area contributed by atoms with E-state index in [4.69, 9.17) is 16.3 Å². The Labute approximate surface area is 148 Å². The molecule has 1 aromatic carbocycles. The number of likely N-dealkylation sites (tertiary alicyclic amines) is 1. The second-order valence-corrected chi connectivity index (χ2v) is 6.31. The summed E-state index contributed by atoms with van der Waals surface area (Å²) < 4.78 is 5.58. The molecule has 2 rings (SSSR count). The predicted octanol–water partition coefficient (Wildman–Crippen LogP) is 2.36. The molecule has 1 heterocycles. The Morgan fingerprint density at radius 2 is 1.92 bits per heavy atom. The number of piperidine rings is 1. The first-order valence-electron chi connectivity index (χ1n) is 8.47. The van der Waals surface area contributed by atoms with Gasteiger partial charge in [-0.05, 0) is 37.0 Å². The number of halogens is 1. The molecule has 0 saturated carbocycles. The summed E-state index contributed by atoms with van der Waals surface area (Å²) in [5.41, 5.74) is 1.28. The molecule has 0 spiro atoms. The molecule has 1 aromatic rings. The molecule has 0 atom stereocenters. The third kappa shape index (κ3) is 5.71. The molecule has 1 aliphatic rings. The van der Waals surface area contributed by atoms with Crippen LogP contribution in [0.15, 0.2) is 24.3 Å². The number of alkyl halides is 1. The molecule has 0 bridgehead atoms. The lowest BCUT2D eigenvalue weighted by Gasteiger charge is -2.32. The van der Waals surface area contributed by atoms with Crippen molar-refractivity contribution < 1.29 is 14.3 Å². The van der Waals surface area contributed by atoms with Gasteiger partial charge in [0, 0.05) is 19.1 Å². The Bertz CT molecular complexity index is 540. The zero-order chi connectivity index (χ0) is 17.4. The Balaban J connectivity index is 1.72. The van der Waals surface area contributed by atoms with Gasteiger partial charge in [-0.1, -0.05) is 25.5 Å². The standard InChI is InChI=1S/C18H25ClN2O3/c1-2-3-14-4-6-16(7-5-14)24-13-18(23)21-10-8-15(9-11-21)20-17(22)12-19/h4-7,15H,2-3,8-13H2,1H3,(H,20,22). The number of aryl methyl sites for hydroxylation is 1. The number of carbonyl (C=O) groups excluding carboxylic acids is 2. The Hall–Kier alpha value is -1.75. The molecule has 5 nitrogen and oxygen atoms in total. The third-order valence-electron chi connectivity index (χ3n) is 4.16. The smallest absolute Gasteiger partial charge is 0.260 e. The van der Waals surface area contributed by atoms with E-state index in [1.807, 2.05) is 24.3 Å². The number of hydrogen-bond acceptors (Lipinski definition) is 3. The molecule has 1 saturated heterocycles. The quantitative estimate of drug-likeness (QED) is 0.766. The molecule has 1 N–H and O–H groups in total. The normalized spacial score (nSPS) is 15.2. The van der Waals surface area contributed by atoms with Crippen molar-refractivity contribution in [1.29, 1.82) is 0 Å². The van der Waals surface area contributed by atoms with Gasteiger partial charge in [-0.2, -0.15) is 0 Å². The van der Waals surface area contributed by atoms with E-state index in [1.165, 1.54) is 5.56 Å². The minimum Gasteiger partial charge on any atom is -0.484 e. The summed E-state index contributed by atoms with van der Waals surface area (Å²) in [5.74, 6) is 0.517. The van der Waals surface area contributed by atoms with Crippen LogP contribution in [0.2, 0.25) is 0 Å². The summed E-state index contributed by atoms with van der Waals surface area (Å²) in [4.78, 5) is 25.3. The van der Waals surface area contributed by atoms with Crippen LogP contribution in [0.25, 0.3) is 0 Å². The summed E-state index contributed by atoms with van der Waals surface area (Å²) >= 11 is 5.48. The first kappa shape index (κ1) is 18.6. The number of nitrogens with one attached hydrogen (secondary N) is 1. The highest BCUT2D eigenvalue weighted by Crippen LogP contribution is 2.15. The lowest BCUT2D eigenvalue weighted by Crippen LogP contribution is -2.47. The average Bonchev–Trinajstić information content (AvgIpc) is 2.61. The second-order valence-electron chi connectivity index (χ2n) is 6.04. The molecule has 1 fully saturated rings. The molecule has 0 unspecified atom stereocenters. The van der Waals surface area contributed by atoms with E-state index >= 15 is 0 Å². The van der Waals surface area contributed by atoms with Crippen LogP contribution < -0.4 is 10.1 Å². The van der Waals surface area contributed by atoms with Crippen LogP contribution in [0.4, 0.5) is 0 Å². The summed E-state index contributed by atoms with van der Waals surface area (Å²) in [5, 5.41) is 2.86. The number of carbonyl (C=O) groups is 2. The fourth-order valence-electron chi connectivity index (χ4n) is 2.82. The van der Waals surface area contributed by atoms with Crippen molar-refractivity contribution in [3.8, 4) is 5.75 Å². The number of amides is 2. The molecule has 0 radical (unpaired) electrons. The van der Waals surface area contributed by atoms with E-state index in [2.05, 4.69) is 12.2 Å². The van der Waals surface area contributed by atoms with Crippen LogP contribution in [-0.4, -0.2) is 48.3 Å². The van der Waals surface area contributed by atoms with Crippen LogP contribution in [0, 0.1) is 0 Å². The molecular formula is C18H25ClN2O3. The molecule has 0 aromatic heterocycles. The van der Waals surface area contributed by atoms with Gasteiger partial charge in [0.2, 0.25) is 5.91 Å². The van der Waals surface area contributed by atoms with Gasteiger partial charge in [-0.15, -0.1) is 11.6 Å². The Morgan fingerprint density at radius 3 is 2.50 bits per heavy atom. The highest BCUT2D eigenvalue weighted by Gasteiger charge is 2.23. The first-order chi connectivity index (χ1) is 11.6. The maximum absolute atomic E-state index is 12.2. The maximum Gasteiger partial charge on any atom is 0.260 e. The zero-order valence-corrected chi connectivity index (χ0v) is 14.8. The van der Waals surface area contributed by atoms with E-state index in [1.54, 1.807) is 4.90 Å². The van der Waals surface area contributed by atoms with Crippen LogP contribution >= 0.6 is 11.6 Å². The fourth-order valence-corrected chi connectivity index (χ4v) is 2.89. The van der Waals surface area contributed by atoms with Crippen molar-refractivity contribution in [1.82, 2.24) is 10.2 Å². The van der Waals surface area contributed by atoms with Gasteiger partial charge in [0.25, 0.3) is 5.91 Å². The van der Waals surface area contributed by atoms with E-state index in [9.17, 15) is 9.59 Å². The number of nitrogens with zero attached hydrogens (tertiary/aromatic N) is 1. The van der Waals surface area contributed by atoms with Crippen molar-refractivity contribution in [3.63, 3.8) is 0 Å². The van der Waals surface area contributed by atoms with Crippen molar-refractivity contribution in [3.05, 3.63) is 29.8 Å². The van der Waals surface area contributed by atoms with Gasteiger partial charge in [-0.3, -0.25) is 9.59 Å². The number of benzene rings is 1. The van der Waals surface area contributed by atoms with E-state index in [0.717, 1.165) is 25.7 Å². The van der Waals surface area contributed by atoms with Gasteiger partial charge in [0.15, 0.2) is 6.61 Å². The van der Waals surface area contributed by atoms with Crippen molar-refractivity contribution in [2.24, 2.45) is 0 Å². The first-order valence-corrected chi connectivity index (χ1v) is 9.00. The summed E-state index contributed by atoms with van der Waals surface area (Å²) in [6, 6.07) is 7.99. The molecule has 6 heteroatoms. The lowest BCUT2D eigenvalue weighted by molar-refractivity contribution is -0.134. The summed E-state index contributed by atoms with van der Waals surface area (Å²) in [7, 11) is 0. The topological polar surface area (TPSA) is 58.6 Å². The van der Waals surface area contributed by atoms with Crippen LogP contribution in [-0.2, 0) is 16.0 Å². The number of ether oxygens (including phenoxy) is 1. The predicted molar refractivity (Wildman–Crippen MR) is 94.4 cm³/mol. The maximum atomic E-state index is 12.2. The lowest BCUT2D eigenvalue weighted by atomic mass is 10.1. The monoisotopic (exact) mass is 352 g/mol. The van der Waals surface area contributed by atoms with E-state index in [0.29, 0.717) is 18.8 Å². The zero-order valence-electron chi connectivity index (χ0n) is 14.1. The van der Waals surface area contributed by atoms with Crippen LogP contribution in [0.1, 0.15) is 31.7 Å². The van der Waals surface area contributed by atoms with Gasteiger partial charge in [-0.25, -0.2) is 0 Å². The van der Waals surface area contributed by atoms with Crippen molar-refractivity contribution in [2.75, 3.05) is 25.6 Å². The molecule has 2 amide bonds. The van der Waals surface area contributed by atoms with Gasteiger partial charge in [0.05, 0.1) is 0 Å². The largest absolute Gasteiger partial charge is 0.484 e. The number of rotatable bonds is 7. The van der Waals surface area contributed by atoms with Gasteiger partial charge >= 0.3 is 0 Å². The third-order valence-corrected chi connectivity index (χ3v) is 4.40. The molecule has 1 aliphatic heterocycles. The van der Waals surface area contributed by atoms with Crippen LogP contribution in [0.5, 0.6) is 5.75 Å². The minimum atomic E-state index is -0.156. The molecule has 0 aliphatic carbocycles. The highest BCUT2D eigenvalue weighted by atomic mass is 35.5. The summed E-state index contributed by atoms with van der Waals surface area (Å²) in [6.07, 6.45) is 3.66. The highest BCUT2D eigenvalue weighted by molar-refractivity contribution is 6.27. The molecule has 24 heavy (non-hydrogen) atoms. The van der Waals surface area contributed by atoms with E-state index in [-0.39, 0.29) is 30.3 Å². The van der Waals surface area contributed by atoms with Gasteiger partial charge < -0.3 is 15.0 Å². The fraction of sp³-hybridized carbons (Fsp3) is 0.556. The SMILES string of the molecule is CCCc1ccc(OCC(=O)N2CCC(NC(=O)CCl)CC2)cc1. The van der Waals surface area contributed by atoms with Crippen LogP contribution in [0.3, 0.4) is 0 Å². The molecule has 132 valence electrons. The van der Waals surface area contributed by atoms with Crippen molar-refractivity contribution >= 4 is 23.4 Å². The van der Waals surface area contributed by atoms with Gasteiger partial charge in [0.1, 0.15) is 11.6 Å². The van der Waals surface area contributed by atoms with E-state index < -0.39 is 0 Å². The van der Waals surface area contributed by atoms with Crippen molar-refractivity contribution in [2.45, 2.75) is 38.6 Å². The summed E-state index contributed by atoms with van der Waals surface area (Å²) in [6.45, 7) is 3.45. The Kier molecular flexibility index (Phi) is 7.37. The Morgan fingerprint density at radius 1 is 1.25 bits per heavy atom. The number of hydrogen-bond donors (Lipinski definition) is 1.